The van der Waals surface area contributed by atoms with E-state index in [2.05, 4.69) is 50.3 Å². The fourth-order valence-corrected chi connectivity index (χ4v) is 3.07. The first-order valence-corrected chi connectivity index (χ1v) is 10.7. The SMILES string of the molecule is CCNC(=NCCCNC(=O)c1ccccc1)NCCc1ccc(-n2cccn2)cc1.I. The summed E-state index contributed by atoms with van der Waals surface area (Å²) in [4.78, 5) is 16.6. The second kappa shape index (κ2) is 14.2. The van der Waals surface area contributed by atoms with E-state index in [1.54, 1.807) is 6.20 Å². The summed E-state index contributed by atoms with van der Waals surface area (Å²) in [6.45, 7) is 4.88. The molecule has 7 nitrogen and oxygen atoms in total. The molecular weight excluding hydrogens is 515 g/mol. The second-order valence-electron chi connectivity index (χ2n) is 7.03. The highest BCUT2D eigenvalue weighted by Crippen LogP contribution is 2.08. The average molecular weight is 546 g/mol. The fraction of sp³-hybridized carbons (Fsp3) is 0.292. The normalized spacial score (nSPS) is 10.8. The number of nitrogens with zero attached hydrogens (tertiary/aromatic N) is 3. The predicted molar refractivity (Wildman–Crippen MR) is 140 cm³/mol. The van der Waals surface area contributed by atoms with Gasteiger partial charge in [-0.25, -0.2) is 4.68 Å². The molecule has 3 N–H and O–H groups in total. The van der Waals surface area contributed by atoms with Crippen LogP contribution in [0, 0.1) is 0 Å². The van der Waals surface area contributed by atoms with Crippen molar-refractivity contribution in [3.63, 3.8) is 0 Å². The lowest BCUT2D eigenvalue weighted by Crippen LogP contribution is -2.38. The van der Waals surface area contributed by atoms with Crippen LogP contribution < -0.4 is 16.0 Å². The molecule has 0 aliphatic heterocycles. The third kappa shape index (κ3) is 8.33. The number of hydrogen-bond donors (Lipinski definition) is 3. The van der Waals surface area contributed by atoms with Crippen molar-refractivity contribution in [3.8, 4) is 5.69 Å². The molecule has 0 fully saturated rings. The lowest BCUT2D eigenvalue weighted by Gasteiger charge is -2.12. The third-order valence-corrected chi connectivity index (χ3v) is 4.68. The van der Waals surface area contributed by atoms with Crippen molar-refractivity contribution in [2.24, 2.45) is 4.99 Å². The molecular formula is C24H31IN6O. The maximum absolute atomic E-state index is 12.0. The maximum Gasteiger partial charge on any atom is 0.251 e. The van der Waals surface area contributed by atoms with Gasteiger partial charge in [-0.3, -0.25) is 9.79 Å². The summed E-state index contributed by atoms with van der Waals surface area (Å²) >= 11 is 0. The van der Waals surface area contributed by atoms with Crippen LogP contribution in [0.2, 0.25) is 0 Å². The number of benzene rings is 2. The first-order chi connectivity index (χ1) is 15.3. The van der Waals surface area contributed by atoms with Crippen molar-refractivity contribution in [2.75, 3.05) is 26.2 Å². The number of rotatable bonds is 10. The summed E-state index contributed by atoms with van der Waals surface area (Å²) in [5.74, 6) is 0.748. The molecule has 3 rings (SSSR count). The van der Waals surface area contributed by atoms with E-state index in [1.165, 1.54) is 5.56 Å². The number of guanidine groups is 1. The van der Waals surface area contributed by atoms with E-state index in [4.69, 9.17) is 0 Å². The van der Waals surface area contributed by atoms with E-state index < -0.39 is 0 Å². The van der Waals surface area contributed by atoms with Crippen LogP contribution in [0.15, 0.2) is 78.0 Å². The zero-order valence-electron chi connectivity index (χ0n) is 18.3. The van der Waals surface area contributed by atoms with E-state index in [-0.39, 0.29) is 29.9 Å². The van der Waals surface area contributed by atoms with Crippen LogP contribution in [0.5, 0.6) is 0 Å². The molecule has 8 heteroatoms. The molecule has 0 aliphatic rings. The molecule has 1 heterocycles. The molecule has 170 valence electrons. The first kappa shape index (κ1) is 25.4. The highest BCUT2D eigenvalue weighted by molar-refractivity contribution is 14.0. The Kier molecular flexibility index (Phi) is 11.3. The van der Waals surface area contributed by atoms with Gasteiger partial charge < -0.3 is 16.0 Å². The first-order valence-electron chi connectivity index (χ1n) is 10.7. The number of nitrogens with one attached hydrogen (secondary N) is 3. The molecule has 1 aromatic heterocycles. The third-order valence-electron chi connectivity index (χ3n) is 4.68. The molecule has 1 amide bonds. The minimum absolute atomic E-state index is 0. The molecule has 0 atom stereocenters. The van der Waals surface area contributed by atoms with Gasteiger partial charge in [-0.15, -0.1) is 24.0 Å². The van der Waals surface area contributed by atoms with E-state index in [0.29, 0.717) is 18.7 Å². The second-order valence-corrected chi connectivity index (χ2v) is 7.03. The smallest absolute Gasteiger partial charge is 0.251 e. The number of halogens is 1. The summed E-state index contributed by atoms with van der Waals surface area (Å²) in [6.07, 6.45) is 5.39. The minimum atomic E-state index is -0.0480. The number of carbonyl (C=O) groups is 1. The van der Waals surface area contributed by atoms with Crippen molar-refractivity contribution >= 4 is 35.8 Å². The monoisotopic (exact) mass is 546 g/mol. The lowest BCUT2D eigenvalue weighted by molar-refractivity contribution is 0.0953. The number of carbonyl (C=O) groups excluding carboxylic acids is 1. The highest BCUT2D eigenvalue weighted by Gasteiger charge is 2.03. The van der Waals surface area contributed by atoms with Gasteiger partial charge in [-0.05, 0) is 55.7 Å². The maximum atomic E-state index is 12.0. The Labute approximate surface area is 206 Å². The molecule has 32 heavy (non-hydrogen) atoms. The Morgan fingerprint density at radius 3 is 2.44 bits per heavy atom. The van der Waals surface area contributed by atoms with E-state index in [1.807, 2.05) is 54.2 Å². The summed E-state index contributed by atoms with van der Waals surface area (Å²) in [5.41, 5.74) is 2.98. The quantitative estimate of drug-likeness (QED) is 0.158. The molecule has 2 aromatic carbocycles. The van der Waals surface area contributed by atoms with Gasteiger partial charge in [0, 0.05) is 44.1 Å². The summed E-state index contributed by atoms with van der Waals surface area (Å²) in [7, 11) is 0. The Morgan fingerprint density at radius 1 is 0.969 bits per heavy atom. The van der Waals surface area contributed by atoms with Crippen LogP contribution in [0.25, 0.3) is 5.69 Å². The van der Waals surface area contributed by atoms with Crippen molar-refractivity contribution < 1.29 is 4.79 Å². The van der Waals surface area contributed by atoms with Crippen molar-refractivity contribution in [1.29, 1.82) is 0 Å². The summed E-state index contributed by atoms with van der Waals surface area (Å²) in [6, 6.07) is 19.6. The van der Waals surface area contributed by atoms with Gasteiger partial charge in [0.1, 0.15) is 0 Å². The number of aliphatic imine (C=N–C) groups is 1. The molecule has 0 bridgehead atoms. The molecule has 0 aliphatic carbocycles. The Balaban J connectivity index is 0.00000363. The predicted octanol–water partition coefficient (Wildman–Crippen LogP) is 3.41. The standard InChI is InChI=1S/C24H30N6O.HI/c1-2-25-24(27-16-6-15-26-23(31)21-8-4-3-5-9-21)28-18-14-20-10-12-22(13-11-20)30-19-7-17-29-30;/h3-5,7-13,17,19H,2,6,14-16,18H2,1H3,(H,26,31)(H2,25,27,28);1H. The number of aromatic nitrogens is 2. The van der Waals surface area contributed by atoms with Gasteiger partial charge in [-0.2, -0.15) is 5.10 Å². The van der Waals surface area contributed by atoms with Gasteiger partial charge in [0.05, 0.1) is 5.69 Å². The zero-order valence-corrected chi connectivity index (χ0v) is 20.7. The molecule has 0 radical (unpaired) electrons. The van der Waals surface area contributed by atoms with Crippen LogP contribution in [-0.4, -0.2) is 47.8 Å². The molecule has 0 unspecified atom stereocenters. The van der Waals surface area contributed by atoms with Gasteiger partial charge >= 0.3 is 0 Å². The molecule has 0 spiro atoms. The fourth-order valence-electron chi connectivity index (χ4n) is 3.07. The Bertz CT molecular complexity index is 942. The van der Waals surface area contributed by atoms with Gasteiger partial charge in [0.15, 0.2) is 5.96 Å². The largest absolute Gasteiger partial charge is 0.357 e. The van der Waals surface area contributed by atoms with E-state index in [9.17, 15) is 4.79 Å². The van der Waals surface area contributed by atoms with Gasteiger partial charge in [-0.1, -0.05) is 30.3 Å². The van der Waals surface area contributed by atoms with Crippen molar-refractivity contribution in [1.82, 2.24) is 25.7 Å². The van der Waals surface area contributed by atoms with E-state index in [0.717, 1.165) is 37.6 Å². The van der Waals surface area contributed by atoms with Crippen LogP contribution >= 0.6 is 24.0 Å². The topological polar surface area (TPSA) is 83.3 Å². The average Bonchev–Trinajstić information content (AvgIpc) is 3.35. The van der Waals surface area contributed by atoms with Crippen LogP contribution in [-0.2, 0) is 6.42 Å². The summed E-state index contributed by atoms with van der Waals surface area (Å²) in [5, 5.41) is 13.8. The molecule has 0 saturated carbocycles. The Morgan fingerprint density at radius 2 is 1.75 bits per heavy atom. The minimum Gasteiger partial charge on any atom is -0.357 e. The summed E-state index contributed by atoms with van der Waals surface area (Å²) < 4.78 is 1.85. The zero-order chi connectivity index (χ0) is 21.7. The van der Waals surface area contributed by atoms with Crippen LogP contribution in [0.3, 0.4) is 0 Å². The highest BCUT2D eigenvalue weighted by atomic mass is 127. The van der Waals surface area contributed by atoms with Crippen LogP contribution in [0.4, 0.5) is 0 Å². The Hall–Kier alpha value is -2.88. The van der Waals surface area contributed by atoms with Crippen molar-refractivity contribution in [3.05, 3.63) is 84.2 Å². The van der Waals surface area contributed by atoms with Gasteiger partial charge in [0.25, 0.3) is 5.91 Å². The number of hydrogen-bond acceptors (Lipinski definition) is 3. The lowest BCUT2D eigenvalue weighted by atomic mass is 10.1. The van der Waals surface area contributed by atoms with Crippen LogP contribution in [0.1, 0.15) is 29.3 Å². The van der Waals surface area contributed by atoms with E-state index >= 15 is 0 Å². The van der Waals surface area contributed by atoms with Gasteiger partial charge in [0.2, 0.25) is 0 Å². The van der Waals surface area contributed by atoms with Crippen molar-refractivity contribution in [2.45, 2.75) is 19.8 Å². The molecule has 3 aromatic rings. The molecule has 0 saturated heterocycles. The number of amides is 1.